The number of aromatic nitrogens is 2. The van der Waals surface area contributed by atoms with Gasteiger partial charge < -0.3 is 9.64 Å². The molecule has 1 aromatic carbocycles. The van der Waals surface area contributed by atoms with E-state index in [4.69, 9.17) is 4.74 Å². The molecule has 1 amide bonds. The SMILES string of the molecule is Cc1csc(C2COCCN2C(=O)c2nccc3ccccc23)n1. The third kappa shape index (κ3) is 2.68. The van der Waals surface area contributed by atoms with Crippen molar-refractivity contribution < 1.29 is 9.53 Å². The Hall–Kier alpha value is -2.31. The van der Waals surface area contributed by atoms with E-state index in [1.165, 1.54) is 0 Å². The Balaban J connectivity index is 1.73. The molecule has 3 aromatic rings. The summed E-state index contributed by atoms with van der Waals surface area (Å²) in [6, 6.07) is 9.61. The molecule has 3 heterocycles. The monoisotopic (exact) mass is 339 g/mol. The molecule has 1 saturated heterocycles. The number of fused-ring (bicyclic) bond motifs is 1. The van der Waals surface area contributed by atoms with E-state index in [2.05, 4.69) is 9.97 Å². The summed E-state index contributed by atoms with van der Waals surface area (Å²) in [7, 11) is 0. The minimum absolute atomic E-state index is 0.0621. The van der Waals surface area contributed by atoms with Crippen molar-refractivity contribution in [3.05, 3.63) is 58.3 Å². The number of ether oxygens (including phenoxy) is 1. The first-order valence-corrected chi connectivity index (χ1v) is 8.76. The average Bonchev–Trinajstić information content (AvgIpc) is 3.07. The van der Waals surface area contributed by atoms with Gasteiger partial charge in [0.15, 0.2) is 0 Å². The predicted octanol–water partition coefficient (Wildman–Crippen LogP) is 3.21. The average molecular weight is 339 g/mol. The summed E-state index contributed by atoms with van der Waals surface area (Å²) in [5.41, 5.74) is 1.46. The number of aryl methyl sites for hydroxylation is 1. The molecule has 122 valence electrons. The smallest absolute Gasteiger partial charge is 0.273 e. The standard InChI is InChI=1S/C18H17N3O2S/c1-12-11-24-17(20-12)15-10-23-9-8-21(15)18(22)16-14-5-3-2-4-13(14)6-7-19-16/h2-7,11,15H,8-10H2,1H3. The molecule has 1 aliphatic rings. The zero-order valence-electron chi connectivity index (χ0n) is 13.3. The summed E-state index contributed by atoms with van der Waals surface area (Å²) in [6.45, 7) is 3.52. The zero-order valence-corrected chi connectivity index (χ0v) is 14.1. The Morgan fingerprint density at radius 2 is 2.21 bits per heavy atom. The maximum Gasteiger partial charge on any atom is 0.273 e. The molecule has 24 heavy (non-hydrogen) atoms. The van der Waals surface area contributed by atoms with Gasteiger partial charge in [-0.05, 0) is 18.4 Å². The fraction of sp³-hybridized carbons (Fsp3) is 0.278. The number of nitrogens with zero attached hydrogens (tertiary/aromatic N) is 3. The van der Waals surface area contributed by atoms with Crippen LogP contribution in [0.2, 0.25) is 0 Å². The van der Waals surface area contributed by atoms with Crippen LogP contribution in [-0.4, -0.2) is 40.5 Å². The molecule has 1 unspecified atom stereocenters. The maximum absolute atomic E-state index is 13.2. The lowest BCUT2D eigenvalue weighted by atomic mass is 10.1. The summed E-state index contributed by atoms with van der Waals surface area (Å²) >= 11 is 1.57. The molecule has 0 spiro atoms. The van der Waals surface area contributed by atoms with Gasteiger partial charge in [0.2, 0.25) is 0 Å². The highest BCUT2D eigenvalue weighted by molar-refractivity contribution is 7.09. The van der Waals surface area contributed by atoms with Crippen LogP contribution < -0.4 is 0 Å². The van der Waals surface area contributed by atoms with Crippen molar-refractivity contribution in [1.29, 1.82) is 0 Å². The number of amides is 1. The van der Waals surface area contributed by atoms with E-state index in [0.717, 1.165) is 21.5 Å². The molecular weight excluding hydrogens is 322 g/mol. The van der Waals surface area contributed by atoms with Gasteiger partial charge in [-0.15, -0.1) is 11.3 Å². The number of carbonyl (C=O) groups excluding carboxylic acids is 1. The van der Waals surface area contributed by atoms with Crippen molar-refractivity contribution in [2.45, 2.75) is 13.0 Å². The molecule has 6 heteroatoms. The van der Waals surface area contributed by atoms with Crippen LogP contribution in [0, 0.1) is 6.92 Å². The zero-order chi connectivity index (χ0) is 16.5. The van der Waals surface area contributed by atoms with E-state index in [-0.39, 0.29) is 11.9 Å². The lowest BCUT2D eigenvalue weighted by Crippen LogP contribution is -2.43. The van der Waals surface area contributed by atoms with E-state index in [1.807, 2.05) is 47.5 Å². The number of carbonyl (C=O) groups is 1. The second kappa shape index (κ2) is 6.30. The first kappa shape index (κ1) is 15.2. The second-order valence-electron chi connectivity index (χ2n) is 5.80. The third-order valence-corrected chi connectivity index (χ3v) is 5.25. The summed E-state index contributed by atoms with van der Waals surface area (Å²) < 4.78 is 5.60. The second-order valence-corrected chi connectivity index (χ2v) is 6.69. The molecule has 1 aliphatic heterocycles. The van der Waals surface area contributed by atoms with E-state index in [9.17, 15) is 4.79 Å². The van der Waals surface area contributed by atoms with Gasteiger partial charge in [0.1, 0.15) is 16.7 Å². The van der Waals surface area contributed by atoms with Gasteiger partial charge in [-0.25, -0.2) is 4.98 Å². The minimum atomic E-state index is -0.147. The highest BCUT2D eigenvalue weighted by Gasteiger charge is 2.32. The van der Waals surface area contributed by atoms with Crippen LogP contribution in [0.25, 0.3) is 10.8 Å². The fourth-order valence-corrected chi connectivity index (χ4v) is 3.90. The number of hydrogen-bond donors (Lipinski definition) is 0. The predicted molar refractivity (Wildman–Crippen MR) is 93.2 cm³/mol. The molecule has 4 rings (SSSR count). The Morgan fingerprint density at radius 1 is 1.33 bits per heavy atom. The van der Waals surface area contributed by atoms with E-state index >= 15 is 0 Å². The Bertz CT molecular complexity index is 887. The normalized spacial score (nSPS) is 18.0. The van der Waals surface area contributed by atoms with Gasteiger partial charge in [-0.2, -0.15) is 0 Å². The summed E-state index contributed by atoms with van der Waals surface area (Å²) in [5.74, 6) is -0.0621. The number of pyridine rings is 1. The van der Waals surface area contributed by atoms with Crippen LogP contribution in [0.3, 0.4) is 0 Å². The number of morpholine rings is 1. The molecule has 0 radical (unpaired) electrons. The number of benzene rings is 1. The molecule has 0 N–H and O–H groups in total. The largest absolute Gasteiger partial charge is 0.377 e. The van der Waals surface area contributed by atoms with Gasteiger partial charge in [0.25, 0.3) is 5.91 Å². The van der Waals surface area contributed by atoms with Crippen LogP contribution in [0.1, 0.15) is 27.2 Å². The van der Waals surface area contributed by atoms with Crippen molar-refractivity contribution in [2.24, 2.45) is 0 Å². The molecule has 0 bridgehead atoms. The molecular formula is C18H17N3O2S. The van der Waals surface area contributed by atoms with E-state index in [0.29, 0.717) is 25.5 Å². The molecule has 0 saturated carbocycles. The fourth-order valence-electron chi connectivity index (χ4n) is 3.00. The summed E-state index contributed by atoms with van der Waals surface area (Å²) in [6.07, 6.45) is 1.69. The molecule has 5 nitrogen and oxygen atoms in total. The van der Waals surface area contributed by atoms with Gasteiger partial charge >= 0.3 is 0 Å². The van der Waals surface area contributed by atoms with Gasteiger partial charge in [0, 0.05) is 29.2 Å². The van der Waals surface area contributed by atoms with Crippen molar-refractivity contribution >= 4 is 28.0 Å². The minimum Gasteiger partial charge on any atom is -0.377 e. The van der Waals surface area contributed by atoms with Crippen LogP contribution in [0.4, 0.5) is 0 Å². The van der Waals surface area contributed by atoms with Crippen molar-refractivity contribution in [3.63, 3.8) is 0 Å². The molecule has 1 atom stereocenters. The van der Waals surface area contributed by atoms with Crippen LogP contribution in [0.15, 0.2) is 41.9 Å². The first-order valence-electron chi connectivity index (χ1n) is 7.88. The summed E-state index contributed by atoms with van der Waals surface area (Å²) in [5, 5.41) is 4.82. The molecule has 2 aromatic heterocycles. The molecule has 0 aliphatic carbocycles. The topological polar surface area (TPSA) is 55.3 Å². The molecule has 1 fully saturated rings. The van der Waals surface area contributed by atoms with Gasteiger partial charge in [-0.3, -0.25) is 9.78 Å². The lowest BCUT2D eigenvalue weighted by Gasteiger charge is -2.34. The van der Waals surface area contributed by atoms with Gasteiger partial charge in [-0.1, -0.05) is 24.3 Å². The first-order chi connectivity index (χ1) is 11.7. The van der Waals surface area contributed by atoms with E-state index in [1.54, 1.807) is 17.5 Å². The number of hydrogen-bond acceptors (Lipinski definition) is 5. The van der Waals surface area contributed by atoms with Crippen LogP contribution in [-0.2, 0) is 4.74 Å². The van der Waals surface area contributed by atoms with Crippen LogP contribution >= 0.6 is 11.3 Å². The highest BCUT2D eigenvalue weighted by Crippen LogP contribution is 2.29. The Morgan fingerprint density at radius 3 is 3.04 bits per heavy atom. The van der Waals surface area contributed by atoms with E-state index < -0.39 is 0 Å². The quantitative estimate of drug-likeness (QED) is 0.719. The Kier molecular flexibility index (Phi) is 4.00. The van der Waals surface area contributed by atoms with Crippen molar-refractivity contribution in [3.8, 4) is 0 Å². The van der Waals surface area contributed by atoms with Crippen LogP contribution in [0.5, 0.6) is 0 Å². The third-order valence-electron chi connectivity index (χ3n) is 4.19. The van der Waals surface area contributed by atoms with Crippen molar-refractivity contribution in [2.75, 3.05) is 19.8 Å². The summed E-state index contributed by atoms with van der Waals surface area (Å²) in [4.78, 5) is 23.9. The van der Waals surface area contributed by atoms with Gasteiger partial charge in [0.05, 0.1) is 13.2 Å². The maximum atomic E-state index is 13.2. The number of rotatable bonds is 2. The lowest BCUT2D eigenvalue weighted by molar-refractivity contribution is -0.00296. The Labute approximate surface area is 143 Å². The number of thiazole rings is 1. The van der Waals surface area contributed by atoms with Crippen molar-refractivity contribution in [1.82, 2.24) is 14.9 Å². The highest BCUT2D eigenvalue weighted by atomic mass is 32.1.